The fraction of sp³-hybridized carbons (Fsp3) is 0.0909. The maximum atomic E-state index is 14.0. The Morgan fingerprint density at radius 1 is 1.15 bits per heavy atom. The summed E-state index contributed by atoms with van der Waals surface area (Å²) >= 11 is 9.35. The van der Waals surface area contributed by atoms with Gasteiger partial charge in [-0.25, -0.2) is 13.2 Å². The Labute approximate surface area is 199 Å². The number of aromatic nitrogens is 2. The Kier molecular flexibility index (Phi) is 6.75. The summed E-state index contributed by atoms with van der Waals surface area (Å²) in [7, 11) is 0. The molecule has 2 aromatic carbocycles. The number of carbonyl (C=O) groups is 1. The molecular weight excluding hydrogens is 527 g/mol. The van der Waals surface area contributed by atoms with Gasteiger partial charge < -0.3 is 14.5 Å². The second-order valence-corrected chi connectivity index (χ2v) is 8.07. The molecule has 0 fully saturated rings. The molecule has 11 heteroatoms. The summed E-state index contributed by atoms with van der Waals surface area (Å²) in [5.41, 5.74) is 0.264. The number of nitrogens with one attached hydrogen (secondary N) is 1. The van der Waals surface area contributed by atoms with Gasteiger partial charge in [0.1, 0.15) is 24.0 Å². The van der Waals surface area contributed by atoms with Crippen molar-refractivity contribution in [2.75, 3.05) is 5.32 Å². The normalized spacial score (nSPS) is 10.9. The second-order valence-electron chi connectivity index (χ2n) is 6.81. The molecule has 0 spiro atoms. The Morgan fingerprint density at radius 2 is 1.97 bits per heavy atom. The number of hydrogen-bond acceptors (Lipinski definition) is 4. The van der Waals surface area contributed by atoms with Crippen molar-refractivity contribution in [3.05, 3.63) is 98.8 Å². The van der Waals surface area contributed by atoms with E-state index in [0.717, 1.165) is 12.1 Å². The van der Waals surface area contributed by atoms with Crippen LogP contribution in [0.1, 0.15) is 21.9 Å². The smallest absolute Gasteiger partial charge is 0.292 e. The summed E-state index contributed by atoms with van der Waals surface area (Å²) in [5.74, 6) is -2.37. The first-order valence-electron chi connectivity index (χ1n) is 9.44. The van der Waals surface area contributed by atoms with Crippen molar-refractivity contribution >= 4 is 39.3 Å². The summed E-state index contributed by atoms with van der Waals surface area (Å²) in [4.78, 5) is 12.5. The van der Waals surface area contributed by atoms with Gasteiger partial charge in [0, 0.05) is 22.8 Å². The van der Waals surface area contributed by atoms with Crippen LogP contribution in [0.2, 0.25) is 5.02 Å². The zero-order chi connectivity index (χ0) is 23.5. The van der Waals surface area contributed by atoms with Crippen LogP contribution in [0.5, 0.6) is 5.75 Å². The number of nitrogens with zero attached hydrogens (tertiary/aromatic N) is 2. The molecule has 1 N–H and O–H groups in total. The first-order valence-corrected chi connectivity index (χ1v) is 10.6. The van der Waals surface area contributed by atoms with Crippen molar-refractivity contribution in [3.63, 3.8) is 0 Å². The molecule has 1 amide bonds. The number of rotatable bonds is 7. The number of furan rings is 1. The molecule has 0 saturated heterocycles. The van der Waals surface area contributed by atoms with Crippen LogP contribution in [0.25, 0.3) is 0 Å². The third kappa shape index (κ3) is 5.40. The van der Waals surface area contributed by atoms with Gasteiger partial charge >= 0.3 is 0 Å². The number of carbonyl (C=O) groups excluding carboxylic acids is 1. The number of amides is 1. The van der Waals surface area contributed by atoms with Crippen LogP contribution in [0.4, 0.5) is 19.0 Å². The molecule has 0 atom stereocenters. The fourth-order valence-electron chi connectivity index (χ4n) is 2.90. The van der Waals surface area contributed by atoms with Crippen LogP contribution in [0, 0.1) is 17.5 Å². The minimum atomic E-state index is -0.850. The van der Waals surface area contributed by atoms with E-state index in [1.165, 1.54) is 28.9 Å². The Morgan fingerprint density at radius 3 is 2.73 bits per heavy atom. The van der Waals surface area contributed by atoms with Gasteiger partial charge in [-0.05, 0) is 52.3 Å². The molecule has 170 valence electrons. The highest BCUT2D eigenvalue weighted by molar-refractivity contribution is 9.10. The van der Waals surface area contributed by atoms with Gasteiger partial charge in [0.15, 0.2) is 23.1 Å². The maximum Gasteiger partial charge on any atom is 0.292 e. The first-order chi connectivity index (χ1) is 15.8. The predicted octanol–water partition coefficient (Wildman–Crippen LogP) is 6.19. The van der Waals surface area contributed by atoms with Crippen molar-refractivity contribution in [2.45, 2.75) is 13.2 Å². The van der Waals surface area contributed by atoms with Crippen LogP contribution >= 0.6 is 27.5 Å². The van der Waals surface area contributed by atoms with Crippen molar-refractivity contribution in [3.8, 4) is 5.75 Å². The summed E-state index contributed by atoms with van der Waals surface area (Å²) in [6, 6.07) is 10.2. The van der Waals surface area contributed by atoms with Crippen molar-refractivity contribution in [1.29, 1.82) is 0 Å². The number of hydrogen-bond donors (Lipinski definition) is 1. The zero-order valence-corrected chi connectivity index (χ0v) is 19.0. The topological polar surface area (TPSA) is 69.3 Å². The molecule has 0 saturated carbocycles. The molecule has 2 aromatic heterocycles. The maximum absolute atomic E-state index is 14.0. The summed E-state index contributed by atoms with van der Waals surface area (Å²) < 4.78 is 53.2. The zero-order valence-electron chi connectivity index (χ0n) is 16.6. The van der Waals surface area contributed by atoms with Gasteiger partial charge in [-0.3, -0.25) is 9.48 Å². The third-order valence-electron chi connectivity index (χ3n) is 4.48. The molecule has 0 aliphatic rings. The lowest BCUT2D eigenvalue weighted by Gasteiger charge is -2.06. The summed E-state index contributed by atoms with van der Waals surface area (Å²) in [6.45, 7) is -0.111. The molecule has 0 aliphatic heterocycles. The monoisotopic (exact) mass is 539 g/mol. The van der Waals surface area contributed by atoms with E-state index in [2.05, 4.69) is 26.3 Å². The second kappa shape index (κ2) is 9.72. The molecule has 0 radical (unpaired) electrons. The Hall–Kier alpha value is -3.24. The van der Waals surface area contributed by atoms with Gasteiger partial charge in [0.25, 0.3) is 5.91 Å². The van der Waals surface area contributed by atoms with Crippen LogP contribution < -0.4 is 10.1 Å². The molecule has 0 aliphatic carbocycles. The minimum absolute atomic E-state index is 0.0354. The van der Waals surface area contributed by atoms with E-state index >= 15 is 0 Å². The summed E-state index contributed by atoms with van der Waals surface area (Å²) in [5, 5.41) is 7.07. The SMILES string of the molecule is O=C(Nc1nn(Cc2c(F)cccc2Cl)cc1Br)c1ccc(COc2ccc(F)cc2F)o1. The molecule has 4 rings (SSSR count). The third-order valence-corrected chi connectivity index (χ3v) is 5.41. The van der Waals surface area contributed by atoms with E-state index in [9.17, 15) is 18.0 Å². The highest BCUT2D eigenvalue weighted by Crippen LogP contribution is 2.25. The number of benzene rings is 2. The van der Waals surface area contributed by atoms with Crippen molar-refractivity contribution in [2.24, 2.45) is 0 Å². The summed E-state index contributed by atoms with van der Waals surface area (Å²) in [6.07, 6.45) is 1.57. The lowest BCUT2D eigenvalue weighted by atomic mass is 10.2. The average molecular weight is 541 g/mol. The Balaban J connectivity index is 1.40. The van der Waals surface area contributed by atoms with Gasteiger partial charge in [-0.15, -0.1) is 0 Å². The largest absolute Gasteiger partial charge is 0.483 e. The minimum Gasteiger partial charge on any atom is -0.483 e. The molecule has 2 heterocycles. The lowest BCUT2D eigenvalue weighted by Crippen LogP contribution is -2.12. The highest BCUT2D eigenvalue weighted by Gasteiger charge is 2.17. The quantitative estimate of drug-likeness (QED) is 0.304. The number of halogens is 5. The van der Waals surface area contributed by atoms with E-state index in [1.807, 2.05) is 0 Å². The van der Waals surface area contributed by atoms with E-state index in [-0.39, 0.29) is 46.8 Å². The standard InChI is InChI=1S/C22H14BrClF3N3O3/c23-15-10-30(9-14-16(24)2-1-3-17(14)26)29-21(15)28-22(31)20-7-5-13(33-20)11-32-19-6-4-12(25)8-18(19)27/h1-8,10H,9,11H2,(H,28,29,31). The molecule has 0 unspecified atom stereocenters. The van der Waals surface area contributed by atoms with Crippen LogP contribution in [-0.2, 0) is 13.2 Å². The van der Waals surface area contributed by atoms with E-state index in [0.29, 0.717) is 10.5 Å². The van der Waals surface area contributed by atoms with Gasteiger partial charge in [0.2, 0.25) is 0 Å². The van der Waals surface area contributed by atoms with Crippen LogP contribution in [-0.4, -0.2) is 15.7 Å². The van der Waals surface area contributed by atoms with E-state index in [4.69, 9.17) is 20.8 Å². The van der Waals surface area contributed by atoms with Gasteiger partial charge in [0.05, 0.1) is 11.0 Å². The van der Waals surface area contributed by atoms with Gasteiger partial charge in [-0.2, -0.15) is 5.10 Å². The highest BCUT2D eigenvalue weighted by atomic mass is 79.9. The molecule has 4 aromatic rings. The van der Waals surface area contributed by atoms with Crippen molar-refractivity contribution in [1.82, 2.24) is 9.78 Å². The van der Waals surface area contributed by atoms with Gasteiger partial charge in [-0.1, -0.05) is 17.7 Å². The van der Waals surface area contributed by atoms with Crippen LogP contribution in [0.15, 0.2) is 63.6 Å². The first kappa shape index (κ1) is 22.9. The predicted molar refractivity (Wildman–Crippen MR) is 118 cm³/mol. The number of anilines is 1. The lowest BCUT2D eigenvalue weighted by molar-refractivity contribution is 0.0992. The van der Waals surface area contributed by atoms with E-state index < -0.39 is 23.4 Å². The van der Waals surface area contributed by atoms with Crippen molar-refractivity contribution < 1.29 is 27.1 Å². The molecule has 0 bridgehead atoms. The average Bonchev–Trinajstić information content (AvgIpc) is 3.37. The fourth-order valence-corrected chi connectivity index (χ4v) is 3.53. The Bertz CT molecular complexity index is 1310. The molecular formula is C22H14BrClF3N3O3. The van der Waals surface area contributed by atoms with Crippen LogP contribution in [0.3, 0.4) is 0 Å². The van der Waals surface area contributed by atoms with E-state index in [1.54, 1.807) is 12.3 Å². The molecule has 6 nitrogen and oxygen atoms in total. The number of ether oxygens (including phenoxy) is 1. The molecule has 33 heavy (non-hydrogen) atoms.